The molecule has 0 aromatic heterocycles. The van der Waals surface area contributed by atoms with Gasteiger partial charge in [0.05, 0.1) is 6.17 Å². The highest BCUT2D eigenvalue weighted by molar-refractivity contribution is 5.74. The standard InChI is InChI=1S/C9H20N4O/c10-5-3-7-12-9(14)13-8-4-1-2-6-11-8/h8,11H,1-7,10H2,(H2,12,13,14). The molecule has 1 saturated heterocycles. The fraction of sp³-hybridized carbons (Fsp3) is 0.889. The molecule has 1 atom stereocenters. The quantitative estimate of drug-likeness (QED) is 0.472. The first-order chi connectivity index (χ1) is 6.83. The molecule has 1 fully saturated rings. The van der Waals surface area contributed by atoms with Crippen LogP contribution in [0, 0.1) is 0 Å². The van der Waals surface area contributed by atoms with Crippen LogP contribution in [0.2, 0.25) is 0 Å². The number of nitrogens with two attached hydrogens (primary N) is 1. The number of piperidine rings is 1. The molecule has 0 bridgehead atoms. The molecule has 14 heavy (non-hydrogen) atoms. The molecule has 0 aromatic rings. The van der Waals surface area contributed by atoms with E-state index in [4.69, 9.17) is 5.73 Å². The lowest BCUT2D eigenvalue weighted by Gasteiger charge is -2.24. The normalized spacial score (nSPS) is 21.6. The van der Waals surface area contributed by atoms with Crippen LogP contribution >= 0.6 is 0 Å². The molecule has 1 unspecified atom stereocenters. The number of nitrogens with one attached hydrogen (secondary N) is 3. The fourth-order valence-corrected chi connectivity index (χ4v) is 1.49. The highest BCUT2D eigenvalue weighted by Crippen LogP contribution is 2.03. The molecule has 1 aliphatic heterocycles. The molecule has 0 radical (unpaired) electrons. The smallest absolute Gasteiger partial charge is 0.316 e. The van der Waals surface area contributed by atoms with Crippen LogP contribution in [0.3, 0.4) is 0 Å². The maximum Gasteiger partial charge on any atom is 0.316 e. The average molecular weight is 200 g/mol. The molecule has 0 saturated carbocycles. The van der Waals surface area contributed by atoms with Crippen LogP contribution in [-0.2, 0) is 0 Å². The SMILES string of the molecule is NCCCNC(=O)NC1CCCCN1. The van der Waals surface area contributed by atoms with Gasteiger partial charge >= 0.3 is 6.03 Å². The Labute approximate surface area is 84.8 Å². The molecular weight excluding hydrogens is 180 g/mol. The fourth-order valence-electron chi connectivity index (χ4n) is 1.49. The Hall–Kier alpha value is -0.810. The third-order valence-electron chi connectivity index (χ3n) is 2.28. The summed E-state index contributed by atoms with van der Waals surface area (Å²) in [6.07, 6.45) is 4.37. The molecule has 0 aromatic carbocycles. The molecule has 2 amide bonds. The van der Waals surface area contributed by atoms with E-state index in [1.165, 1.54) is 12.8 Å². The Morgan fingerprint density at radius 1 is 1.50 bits per heavy atom. The molecule has 1 heterocycles. The number of carbonyl (C=O) groups excluding carboxylic acids is 1. The summed E-state index contributed by atoms with van der Waals surface area (Å²) in [6.45, 7) is 2.25. The van der Waals surface area contributed by atoms with Crippen LogP contribution in [0.25, 0.3) is 0 Å². The Balaban J connectivity index is 2.06. The molecule has 1 rings (SSSR count). The maximum absolute atomic E-state index is 11.3. The van der Waals surface area contributed by atoms with E-state index in [2.05, 4.69) is 16.0 Å². The lowest BCUT2D eigenvalue weighted by molar-refractivity contribution is 0.230. The summed E-state index contributed by atoms with van der Waals surface area (Å²) in [5.41, 5.74) is 5.31. The molecule has 5 N–H and O–H groups in total. The number of hydrogen-bond acceptors (Lipinski definition) is 3. The van der Waals surface area contributed by atoms with Crippen LogP contribution in [0.15, 0.2) is 0 Å². The van der Waals surface area contributed by atoms with Gasteiger partial charge in [0.2, 0.25) is 0 Å². The summed E-state index contributed by atoms with van der Waals surface area (Å²) >= 11 is 0. The number of rotatable bonds is 4. The van der Waals surface area contributed by atoms with Gasteiger partial charge in [0.1, 0.15) is 0 Å². The summed E-state index contributed by atoms with van der Waals surface area (Å²) < 4.78 is 0. The van der Waals surface area contributed by atoms with E-state index in [9.17, 15) is 4.79 Å². The van der Waals surface area contributed by atoms with Gasteiger partial charge in [-0.2, -0.15) is 0 Å². The van der Waals surface area contributed by atoms with E-state index < -0.39 is 0 Å². The Morgan fingerprint density at radius 3 is 3.00 bits per heavy atom. The highest BCUT2D eigenvalue weighted by atomic mass is 16.2. The molecule has 82 valence electrons. The van der Waals surface area contributed by atoms with E-state index in [-0.39, 0.29) is 12.2 Å². The van der Waals surface area contributed by atoms with Gasteiger partial charge in [0, 0.05) is 6.54 Å². The Kier molecular flexibility index (Phi) is 5.32. The van der Waals surface area contributed by atoms with Crippen LogP contribution < -0.4 is 21.7 Å². The van der Waals surface area contributed by atoms with Gasteiger partial charge in [-0.15, -0.1) is 0 Å². The minimum atomic E-state index is -0.0992. The van der Waals surface area contributed by atoms with Gasteiger partial charge in [0.15, 0.2) is 0 Å². The summed E-state index contributed by atoms with van der Waals surface area (Å²) in [6, 6.07) is -0.0992. The van der Waals surface area contributed by atoms with Crippen molar-refractivity contribution in [2.24, 2.45) is 5.73 Å². The average Bonchev–Trinajstić information content (AvgIpc) is 2.20. The molecular formula is C9H20N4O. The van der Waals surface area contributed by atoms with Crippen molar-refractivity contribution in [3.63, 3.8) is 0 Å². The van der Waals surface area contributed by atoms with Crippen molar-refractivity contribution in [2.45, 2.75) is 31.8 Å². The van der Waals surface area contributed by atoms with Crippen LogP contribution in [0.4, 0.5) is 4.79 Å². The van der Waals surface area contributed by atoms with Gasteiger partial charge in [-0.25, -0.2) is 4.79 Å². The van der Waals surface area contributed by atoms with Crippen molar-refractivity contribution in [2.75, 3.05) is 19.6 Å². The van der Waals surface area contributed by atoms with Crippen molar-refractivity contribution in [3.8, 4) is 0 Å². The summed E-state index contributed by atoms with van der Waals surface area (Å²) in [5, 5.41) is 8.88. The molecule has 0 aliphatic carbocycles. The Bertz CT molecular complexity index is 168. The minimum absolute atomic E-state index is 0.0992. The van der Waals surface area contributed by atoms with Gasteiger partial charge in [-0.3, -0.25) is 5.32 Å². The van der Waals surface area contributed by atoms with Gasteiger partial charge in [-0.05, 0) is 38.8 Å². The van der Waals surface area contributed by atoms with E-state index in [1.807, 2.05) is 0 Å². The Morgan fingerprint density at radius 2 is 2.36 bits per heavy atom. The molecule has 0 spiro atoms. The first-order valence-corrected chi connectivity index (χ1v) is 5.31. The molecule has 1 aliphatic rings. The lowest BCUT2D eigenvalue weighted by Crippen LogP contribution is -2.51. The third kappa shape index (κ3) is 4.43. The maximum atomic E-state index is 11.3. The first-order valence-electron chi connectivity index (χ1n) is 5.31. The van der Waals surface area contributed by atoms with Crippen molar-refractivity contribution >= 4 is 6.03 Å². The van der Waals surface area contributed by atoms with E-state index in [0.29, 0.717) is 13.1 Å². The summed E-state index contributed by atoms with van der Waals surface area (Å²) in [5.74, 6) is 0. The van der Waals surface area contributed by atoms with Crippen LogP contribution in [-0.4, -0.2) is 31.8 Å². The van der Waals surface area contributed by atoms with E-state index in [0.717, 1.165) is 19.4 Å². The number of carbonyl (C=O) groups is 1. The topological polar surface area (TPSA) is 79.2 Å². The van der Waals surface area contributed by atoms with Gasteiger partial charge in [0.25, 0.3) is 0 Å². The van der Waals surface area contributed by atoms with Gasteiger partial charge < -0.3 is 16.4 Å². The lowest BCUT2D eigenvalue weighted by atomic mass is 10.1. The zero-order valence-electron chi connectivity index (χ0n) is 8.51. The van der Waals surface area contributed by atoms with Crippen molar-refractivity contribution < 1.29 is 4.79 Å². The number of hydrogen-bond donors (Lipinski definition) is 4. The zero-order valence-corrected chi connectivity index (χ0v) is 8.51. The zero-order chi connectivity index (χ0) is 10.2. The van der Waals surface area contributed by atoms with Gasteiger partial charge in [-0.1, -0.05) is 0 Å². The number of amides is 2. The number of urea groups is 1. The second kappa shape index (κ2) is 6.62. The monoisotopic (exact) mass is 200 g/mol. The second-order valence-electron chi connectivity index (χ2n) is 3.54. The first kappa shape index (κ1) is 11.3. The van der Waals surface area contributed by atoms with Crippen molar-refractivity contribution in [1.82, 2.24) is 16.0 Å². The molecule has 5 nitrogen and oxygen atoms in total. The predicted octanol–water partition coefficient (Wildman–Crippen LogP) is -0.266. The molecule has 5 heteroatoms. The predicted molar refractivity (Wildman–Crippen MR) is 55.8 cm³/mol. The van der Waals surface area contributed by atoms with E-state index in [1.54, 1.807) is 0 Å². The van der Waals surface area contributed by atoms with Crippen LogP contribution in [0.5, 0.6) is 0 Å². The third-order valence-corrected chi connectivity index (χ3v) is 2.28. The highest BCUT2D eigenvalue weighted by Gasteiger charge is 2.13. The summed E-state index contributed by atoms with van der Waals surface area (Å²) in [4.78, 5) is 11.3. The van der Waals surface area contributed by atoms with E-state index >= 15 is 0 Å². The largest absolute Gasteiger partial charge is 0.338 e. The summed E-state index contributed by atoms with van der Waals surface area (Å²) in [7, 11) is 0. The second-order valence-corrected chi connectivity index (χ2v) is 3.54. The van der Waals surface area contributed by atoms with Crippen molar-refractivity contribution in [1.29, 1.82) is 0 Å². The minimum Gasteiger partial charge on any atom is -0.338 e. The van der Waals surface area contributed by atoms with Crippen molar-refractivity contribution in [3.05, 3.63) is 0 Å². The van der Waals surface area contributed by atoms with Crippen LogP contribution in [0.1, 0.15) is 25.7 Å².